The van der Waals surface area contributed by atoms with Crippen LogP contribution in [0.15, 0.2) is 41.1 Å². The molecule has 3 nitrogen and oxygen atoms in total. The molecule has 2 unspecified atom stereocenters. The van der Waals surface area contributed by atoms with Crippen molar-refractivity contribution in [3.63, 3.8) is 0 Å². The molecule has 1 N–H and O–H groups in total. The van der Waals surface area contributed by atoms with Gasteiger partial charge in [0, 0.05) is 5.92 Å². The van der Waals surface area contributed by atoms with Gasteiger partial charge in [-0.15, -0.1) is 0 Å². The Hall–Kier alpha value is -1.61. The number of aliphatic hydroxyl groups excluding tert-OH is 1. The minimum absolute atomic E-state index is 0.0379. The van der Waals surface area contributed by atoms with E-state index < -0.39 is 0 Å². The third kappa shape index (κ3) is 1.53. The van der Waals surface area contributed by atoms with Crippen molar-refractivity contribution in [1.29, 1.82) is 0 Å². The van der Waals surface area contributed by atoms with Crippen LogP contribution < -0.4 is 0 Å². The van der Waals surface area contributed by atoms with Gasteiger partial charge >= 0.3 is 0 Å². The summed E-state index contributed by atoms with van der Waals surface area (Å²) in [5.41, 5.74) is 2.02. The lowest BCUT2D eigenvalue weighted by molar-refractivity contribution is 0.274. The summed E-state index contributed by atoms with van der Waals surface area (Å²) in [5, 5.41) is 9.12. The highest BCUT2D eigenvalue weighted by molar-refractivity contribution is 5.33. The number of aliphatic hydroxyl groups is 1. The number of aromatic nitrogens is 1. The number of oxazole rings is 1. The standard InChI is InChI=1S/C13H13NO2/c15-7-12-13(16-8-14-12)11-6-10(11)9-4-2-1-3-5-9/h1-5,8,10-11,15H,6-7H2. The third-order valence-corrected chi connectivity index (χ3v) is 3.18. The van der Waals surface area contributed by atoms with E-state index in [1.807, 2.05) is 6.07 Å². The molecule has 0 aliphatic heterocycles. The first-order valence-corrected chi connectivity index (χ1v) is 5.48. The predicted molar refractivity (Wildman–Crippen MR) is 59.0 cm³/mol. The van der Waals surface area contributed by atoms with Gasteiger partial charge in [0.1, 0.15) is 11.5 Å². The number of hydrogen-bond acceptors (Lipinski definition) is 3. The Morgan fingerprint density at radius 2 is 2.06 bits per heavy atom. The predicted octanol–water partition coefficient (Wildman–Crippen LogP) is 2.44. The first kappa shape index (κ1) is 9.60. The second-order valence-corrected chi connectivity index (χ2v) is 4.18. The number of hydrogen-bond donors (Lipinski definition) is 1. The molecule has 1 aromatic carbocycles. The summed E-state index contributed by atoms with van der Waals surface area (Å²) in [6, 6.07) is 10.4. The lowest BCUT2D eigenvalue weighted by atomic mass is 10.1. The van der Waals surface area contributed by atoms with Crippen molar-refractivity contribution < 1.29 is 9.52 Å². The van der Waals surface area contributed by atoms with E-state index >= 15 is 0 Å². The zero-order valence-electron chi connectivity index (χ0n) is 8.84. The molecule has 1 saturated carbocycles. The molecule has 16 heavy (non-hydrogen) atoms. The highest BCUT2D eigenvalue weighted by atomic mass is 16.3. The Morgan fingerprint density at radius 1 is 1.25 bits per heavy atom. The van der Waals surface area contributed by atoms with Crippen LogP contribution in [0.1, 0.15) is 35.3 Å². The molecule has 0 amide bonds. The summed E-state index contributed by atoms with van der Waals surface area (Å²) < 4.78 is 5.36. The van der Waals surface area contributed by atoms with Crippen LogP contribution in [0.25, 0.3) is 0 Å². The van der Waals surface area contributed by atoms with Crippen molar-refractivity contribution >= 4 is 0 Å². The van der Waals surface area contributed by atoms with Gasteiger partial charge in [-0.25, -0.2) is 4.98 Å². The third-order valence-electron chi connectivity index (χ3n) is 3.18. The zero-order valence-corrected chi connectivity index (χ0v) is 8.84. The van der Waals surface area contributed by atoms with E-state index in [9.17, 15) is 0 Å². The van der Waals surface area contributed by atoms with Gasteiger partial charge in [-0.1, -0.05) is 30.3 Å². The highest BCUT2D eigenvalue weighted by Crippen LogP contribution is 2.55. The van der Waals surface area contributed by atoms with Gasteiger partial charge in [0.15, 0.2) is 6.39 Å². The lowest BCUT2D eigenvalue weighted by Gasteiger charge is -1.99. The maximum Gasteiger partial charge on any atom is 0.181 e. The molecule has 2 aromatic rings. The van der Waals surface area contributed by atoms with Crippen LogP contribution in [0.4, 0.5) is 0 Å². The largest absolute Gasteiger partial charge is 0.448 e. The van der Waals surface area contributed by atoms with E-state index in [0.29, 0.717) is 17.5 Å². The summed E-state index contributed by atoms with van der Waals surface area (Å²) in [6.45, 7) is -0.0379. The van der Waals surface area contributed by atoms with Gasteiger partial charge in [-0.3, -0.25) is 0 Å². The molecule has 1 aliphatic carbocycles. The van der Waals surface area contributed by atoms with Crippen LogP contribution in [0.5, 0.6) is 0 Å². The average Bonchev–Trinajstić information content (AvgIpc) is 3.00. The van der Waals surface area contributed by atoms with Gasteiger partial charge < -0.3 is 9.52 Å². The summed E-state index contributed by atoms with van der Waals surface area (Å²) in [4.78, 5) is 4.01. The van der Waals surface area contributed by atoms with E-state index in [-0.39, 0.29) is 6.61 Å². The topological polar surface area (TPSA) is 46.3 Å². The van der Waals surface area contributed by atoms with Gasteiger partial charge in [0.2, 0.25) is 0 Å². The van der Waals surface area contributed by atoms with E-state index in [0.717, 1.165) is 12.2 Å². The van der Waals surface area contributed by atoms with Gasteiger partial charge in [0.05, 0.1) is 6.61 Å². The molecular formula is C13H13NO2. The normalized spacial score (nSPS) is 23.3. The Balaban J connectivity index is 1.82. The molecule has 82 valence electrons. The fourth-order valence-corrected chi connectivity index (χ4v) is 2.25. The van der Waals surface area contributed by atoms with E-state index in [1.54, 1.807) is 0 Å². The fraction of sp³-hybridized carbons (Fsp3) is 0.308. The molecule has 0 radical (unpaired) electrons. The second kappa shape index (κ2) is 3.76. The average molecular weight is 215 g/mol. The molecule has 1 aliphatic rings. The summed E-state index contributed by atoms with van der Waals surface area (Å²) in [7, 11) is 0. The Labute approximate surface area is 93.8 Å². The fourth-order valence-electron chi connectivity index (χ4n) is 2.25. The van der Waals surface area contributed by atoms with Crippen LogP contribution >= 0.6 is 0 Å². The van der Waals surface area contributed by atoms with Crippen LogP contribution in [0.3, 0.4) is 0 Å². The highest BCUT2D eigenvalue weighted by Gasteiger charge is 2.43. The molecule has 2 atom stereocenters. The zero-order chi connectivity index (χ0) is 11.0. The van der Waals surface area contributed by atoms with Crippen molar-refractivity contribution in [2.45, 2.75) is 24.9 Å². The van der Waals surface area contributed by atoms with Crippen molar-refractivity contribution in [2.75, 3.05) is 0 Å². The van der Waals surface area contributed by atoms with Crippen LogP contribution in [-0.2, 0) is 6.61 Å². The van der Waals surface area contributed by atoms with Gasteiger partial charge in [-0.2, -0.15) is 0 Å². The Kier molecular flexibility index (Phi) is 2.26. The van der Waals surface area contributed by atoms with Gasteiger partial charge in [-0.05, 0) is 17.9 Å². The maximum atomic E-state index is 9.12. The van der Waals surface area contributed by atoms with E-state index in [2.05, 4.69) is 29.2 Å². The number of benzene rings is 1. The van der Waals surface area contributed by atoms with Crippen LogP contribution in [0, 0.1) is 0 Å². The molecule has 0 bridgehead atoms. The van der Waals surface area contributed by atoms with Gasteiger partial charge in [0.25, 0.3) is 0 Å². The molecular weight excluding hydrogens is 202 g/mol. The van der Waals surface area contributed by atoms with E-state index in [4.69, 9.17) is 9.52 Å². The Morgan fingerprint density at radius 3 is 2.81 bits per heavy atom. The number of nitrogens with zero attached hydrogens (tertiary/aromatic N) is 1. The molecule has 0 spiro atoms. The smallest absolute Gasteiger partial charge is 0.181 e. The van der Waals surface area contributed by atoms with Crippen molar-refractivity contribution in [1.82, 2.24) is 4.98 Å². The Bertz CT molecular complexity index is 478. The quantitative estimate of drug-likeness (QED) is 0.855. The van der Waals surface area contributed by atoms with Crippen molar-refractivity contribution in [3.8, 4) is 0 Å². The summed E-state index contributed by atoms with van der Waals surface area (Å²) in [5.74, 6) is 1.78. The molecule has 1 aromatic heterocycles. The first-order chi connectivity index (χ1) is 7.90. The minimum Gasteiger partial charge on any atom is -0.448 e. The second-order valence-electron chi connectivity index (χ2n) is 4.18. The van der Waals surface area contributed by atoms with Crippen molar-refractivity contribution in [3.05, 3.63) is 53.7 Å². The monoisotopic (exact) mass is 215 g/mol. The van der Waals surface area contributed by atoms with Crippen LogP contribution in [-0.4, -0.2) is 10.1 Å². The maximum absolute atomic E-state index is 9.12. The number of rotatable bonds is 3. The summed E-state index contributed by atoms with van der Waals surface area (Å²) >= 11 is 0. The molecule has 1 heterocycles. The van der Waals surface area contributed by atoms with E-state index in [1.165, 1.54) is 12.0 Å². The minimum atomic E-state index is -0.0379. The van der Waals surface area contributed by atoms with Crippen LogP contribution in [0.2, 0.25) is 0 Å². The molecule has 1 fully saturated rings. The summed E-state index contributed by atoms with van der Waals surface area (Å²) in [6.07, 6.45) is 2.51. The van der Waals surface area contributed by atoms with Crippen molar-refractivity contribution in [2.24, 2.45) is 0 Å². The molecule has 3 heteroatoms. The molecule has 0 saturated heterocycles. The first-order valence-electron chi connectivity index (χ1n) is 5.48. The lowest BCUT2D eigenvalue weighted by Crippen LogP contribution is -1.90. The SMILES string of the molecule is OCc1ncoc1C1CC1c1ccccc1. The molecule has 3 rings (SSSR count).